The normalized spacial score (nSPS) is 17.6. The highest BCUT2D eigenvalue weighted by molar-refractivity contribution is 7.10. The molecule has 1 aromatic heterocycles. The van der Waals surface area contributed by atoms with Gasteiger partial charge in [-0.3, -0.25) is 14.5 Å². The van der Waals surface area contributed by atoms with Crippen LogP contribution in [0.15, 0.2) is 59.5 Å². The Labute approximate surface area is 195 Å². The fourth-order valence-electron chi connectivity index (χ4n) is 3.94. The number of amides is 1. The highest BCUT2D eigenvalue weighted by Gasteiger charge is 2.47. The molecule has 170 valence electrons. The lowest BCUT2D eigenvalue weighted by molar-refractivity contribution is -0.132. The Kier molecular flexibility index (Phi) is 6.33. The topological polar surface area (TPSA) is 66.8 Å². The van der Waals surface area contributed by atoms with E-state index in [9.17, 15) is 19.1 Å². The Balaban J connectivity index is 1.86. The largest absolute Gasteiger partial charge is 0.507 e. The summed E-state index contributed by atoms with van der Waals surface area (Å²) >= 11 is 1.40. The summed E-state index contributed by atoms with van der Waals surface area (Å²) in [4.78, 5) is 28.4. The molecule has 0 spiro atoms. The summed E-state index contributed by atoms with van der Waals surface area (Å²) < 4.78 is 19.2. The van der Waals surface area contributed by atoms with Gasteiger partial charge in [0.2, 0.25) is 0 Å². The molecule has 0 saturated carbocycles. The minimum Gasteiger partial charge on any atom is -0.507 e. The maximum Gasteiger partial charge on any atom is 0.300 e. The summed E-state index contributed by atoms with van der Waals surface area (Å²) in [5, 5.41) is 13.1. The Morgan fingerprint density at radius 1 is 1.09 bits per heavy atom. The second kappa shape index (κ2) is 9.19. The zero-order chi connectivity index (χ0) is 23.7. The summed E-state index contributed by atoms with van der Waals surface area (Å²) in [6.07, 6.45) is 0.869. The van der Waals surface area contributed by atoms with Crippen molar-refractivity contribution >= 4 is 34.5 Å². The van der Waals surface area contributed by atoms with Crippen LogP contribution >= 0.6 is 11.3 Å². The second-order valence-electron chi connectivity index (χ2n) is 7.94. The predicted molar refractivity (Wildman–Crippen MR) is 127 cm³/mol. The quantitative estimate of drug-likeness (QED) is 0.279. The van der Waals surface area contributed by atoms with Crippen LogP contribution < -0.4 is 9.64 Å². The fraction of sp³-hybridized carbons (Fsp3) is 0.231. The molecule has 1 fully saturated rings. The molecule has 1 atom stereocenters. The molecular formula is C26H24FNO4S. The van der Waals surface area contributed by atoms with Crippen molar-refractivity contribution in [1.29, 1.82) is 0 Å². The van der Waals surface area contributed by atoms with Crippen LogP contribution in [-0.4, -0.2) is 23.4 Å². The number of ether oxygens (including phenoxy) is 1. The number of ketones is 1. The van der Waals surface area contributed by atoms with Gasteiger partial charge in [-0.1, -0.05) is 6.92 Å². The van der Waals surface area contributed by atoms with Crippen molar-refractivity contribution in [2.75, 3.05) is 11.5 Å². The van der Waals surface area contributed by atoms with Crippen molar-refractivity contribution in [2.24, 2.45) is 0 Å². The average molecular weight is 466 g/mol. The van der Waals surface area contributed by atoms with Gasteiger partial charge in [-0.05, 0) is 85.3 Å². The number of carbonyl (C=O) groups excluding carboxylic acids is 2. The molecule has 7 heteroatoms. The lowest BCUT2D eigenvalue weighted by Crippen LogP contribution is -2.29. The number of aliphatic hydroxyl groups excluding tert-OH is 1. The van der Waals surface area contributed by atoms with E-state index in [1.807, 2.05) is 32.2 Å². The van der Waals surface area contributed by atoms with E-state index in [1.54, 1.807) is 18.2 Å². The molecule has 1 amide bonds. The summed E-state index contributed by atoms with van der Waals surface area (Å²) in [5.74, 6) is -1.54. The van der Waals surface area contributed by atoms with Crippen LogP contribution in [0.5, 0.6) is 5.75 Å². The van der Waals surface area contributed by atoms with Gasteiger partial charge in [-0.15, -0.1) is 11.3 Å². The Morgan fingerprint density at radius 3 is 2.42 bits per heavy atom. The highest BCUT2D eigenvalue weighted by atomic mass is 32.1. The molecule has 2 heterocycles. The lowest BCUT2D eigenvalue weighted by atomic mass is 9.97. The number of halogens is 1. The average Bonchev–Trinajstić information content (AvgIpc) is 3.33. The standard InChI is InChI=1S/C26H24FNO4S/c1-4-12-32-20-10-5-17(14-16(20)3)23(29)21-22(25-15(2)11-13-33-25)28(26(31)24(21)30)19-8-6-18(27)7-9-19/h5-11,13-14,22,29H,4,12H2,1-3H3/b23-21-. The van der Waals surface area contributed by atoms with Crippen LogP contribution in [0.2, 0.25) is 0 Å². The van der Waals surface area contributed by atoms with Crippen LogP contribution in [0.3, 0.4) is 0 Å². The molecule has 1 aliphatic heterocycles. The molecule has 1 unspecified atom stereocenters. The van der Waals surface area contributed by atoms with Crippen LogP contribution in [0, 0.1) is 19.7 Å². The number of anilines is 1. The molecule has 33 heavy (non-hydrogen) atoms. The van der Waals surface area contributed by atoms with Gasteiger partial charge >= 0.3 is 0 Å². The number of Topliss-reactive ketones (excluding diaryl/α,β-unsaturated/α-hetero) is 1. The first-order valence-electron chi connectivity index (χ1n) is 10.7. The summed E-state index contributed by atoms with van der Waals surface area (Å²) in [5.41, 5.74) is 2.52. The number of carbonyl (C=O) groups is 2. The third-order valence-electron chi connectivity index (χ3n) is 5.61. The second-order valence-corrected chi connectivity index (χ2v) is 8.89. The Hall–Kier alpha value is -3.45. The smallest absolute Gasteiger partial charge is 0.300 e. The number of nitrogens with zero attached hydrogens (tertiary/aromatic N) is 1. The van der Waals surface area contributed by atoms with E-state index in [0.29, 0.717) is 23.6 Å². The van der Waals surface area contributed by atoms with E-state index < -0.39 is 23.5 Å². The molecule has 0 aliphatic carbocycles. The number of aryl methyl sites for hydroxylation is 2. The molecule has 2 aromatic carbocycles. The third-order valence-corrected chi connectivity index (χ3v) is 6.68. The van der Waals surface area contributed by atoms with Crippen LogP contribution in [0.4, 0.5) is 10.1 Å². The maximum absolute atomic E-state index is 13.5. The number of rotatable bonds is 6. The first-order chi connectivity index (χ1) is 15.8. The van der Waals surface area contributed by atoms with Crippen molar-refractivity contribution in [3.05, 3.63) is 86.9 Å². The van der Waals surface area contributed by atoms with Gasteiger partial charge in [0.1, 0.15) is 23.4 Å². The monoisotopic (exact) mass is 465 g/mol. The minimum absolute atomic E-state index is 0.0106. The molecule has 1 aliphatic rings. The van der Waals surface area contributed by atoms with E-state index in [1.165, 1.54) is 40.5 Å². The molecule has 4 rings (SSSR count). The third kappa shape index (κ3) is 4.16. The summed E-state index contributed by atoms with van der Waals surface area (Å²) in [6, 6.07) is 11.7. The number of aliphatic hydroxyl groups is 1. The molecule has 0 radical (unpaired) electrons. The molecule has 1 N–H and O–H groups in total. The zero-order valence-corrected chi connectivity index (χ0v) is 19.4. The Morgan fingerprint density at radius 2 is 1.82 bits per heavy atom. The number of thiophene rings is 1. The number of benzene rings is 2. The molecular weight excluding hydrogens is 441 g/mol. The van der Waals surface area contributed by atoms with E-state index in [2.05, 4.69) is 0 Å². The lowest BCUT2D eigenvalue weighted by Gasteiger charge is -2.25. The molecule has 0 bridgehead atoms. The van der Waals surface area contributed by atoms with Gasteiger partial charge in [0.05, 0.1) is 12.2 Å². The summed E-state index contributed by atoms with van der Waals surface area (Å²) in [7, 11) is 0. The molecule has 3 aromatic rings. The van der Waals surface area contributed by atoms with E-state index in [0.717, 1.165) is 22.4 Å². The SMILES string of the molecule is CCCOc1ccc(/C(O)=C2/C(=O)C(=O)N(c3ccc(F)cc3)C2c2sccc2C)cc1C. The van der Waals surface area contributed by atoms with Gasteiger partial charge in [0, 0.05) is 16.1 Å². The van der Waals surface area contributed by atoms with Crippen molar-refractivity contribution in [1.82, 2.24) is 0 Å². The zero-order valence-electron chi connectivity index (χ0n) is 18.6. The van der Waals surface area contributed by atoms with Crippen molar-refractivity contribution in [3.63, 3.8) is 0 Å². The Bertz CT molecular complexity index is 1250. The minimum atomic E-state index is -0.813. The van der Waals surface area contributed by atoms with E-state index in [-0.39, 0.29) is 11.3 Å². The maximum atomic E-state index is 13.5. The van der Waals surface area contributed by atoms with Crippen molar-refractivity contribution in [3.8, 4) is 5.75 Å². The fourth-order valence-corrected chi connectivity index (χ4v) is 4.96. The summed E-state index contributed by atoms with van der Waals surface area (Å²) in [6.45, 7) is 6.34. The molecule has 1 saturated heterocycles. The van der Waals surface area contributed by atoms with Gasteiger partial charge < -0.3 is 9.84 Å². The van der Waals surface area contributed by atoms with E-state index >= 15 is 0 Å². The number of hydrogen-bond donors (Lipinski definition) is 1. The predicted octanol–water partition coefficient (Wildman–Crippen LogP) is 5.92. The van der Waals surface area contributed by atoms with Gasteiger partial charge in [0.15, 0.2) is 0 Å². The van der Waals surface area contributed by atoms with Gasteiger partial charge in [-0.25, -0.2) is 4.39 Å². The molecule has 5 nitrogen and oxygen atoms in total. The first kappa shape index (κ1) is 22.7. The van der Waals surface area contributed by atoms with Gasteiger partial charge in [0.25, 0.3) is 11.7 Å². The number of hydrogen-bond acceptors (Lipinski definition) is 5. The first-order valence-corrected chi connectivity index (χ1v) is 11.6. The highest BCUT2D eigenvalue weighted by Crippen LogP contribution is 2.45. The van der Waals surface area contributed by atoms with Crippen LogP contribution in [-0.2, 0) is 9.59 Å². The van der Waals surface area contributed by atoms with E-state index in [4.69, 9.17) is 4.74 Å². The van der Waals surface area contributed by atoms with Crippen molar-refractivity contribution < 1.29 is 23.8 Å². The van der Waals surface area contributed by atoms with Gasteiger partial charge in [-0.2, -0.15) is 0 Å². The van der Waals surface area contributed by atoms with Crippen LogP contribution in [0.25, 0.3) is 5.76 Å². The van der Waals surface area contributed by atoms with Crippen molar-refractivity contribution in [2.45, 2.75) is 33.2 Å². The van der Waals surface area contributed by atoms with Crippen LogP contribution in [0.1, 0.15) is 41.0 Å².